The summed E-state index contributed by atoms with van der Waals surface area (Å²) in [5.41, 5.74) is 10.6. The molecule has 0 fully saturated rings. The van der Waals surface area contributed by atoms with Crippen molar-refractivity contribution in [2.24, 2.45) is 5.92 Å². The number of benzene rings is 1. The standard InChI is InChI=1S/C23H29N3/c1-13(2)17-11-12-24-20-19(17)18-10-8-9-15(5)22(18)26-16(6)25(7)21(14(3)4)23(20)26/h8-14,16H,1-7H3/t16-/m0/s1. The van der Waals surface area contributed by atoms with Crippen LogP contribution in [0.3, 0.4) is 0 Å². The Hall–Kier alpha value is -2.29. The van der Waals surface area contributed by atoms with E-state index < -0.39 is 0 Å². The van der Waals surface area contributed by atoms with Gasteiger partial charge in [0.1, 0.15) is 6.17 Å². The molecule has 0 spiro atoms. The molecule has 26 heavy (non-hydrogen) atoms. The predicted molar refractivity (Wildman–Crippen MR) is 110 cm³/mol. The van der Waals surface area contributed by atoms with E-state index in [1.807, 2.05) is 6.20 Å². The van der Waals surface area contributed by atoms with Crippen molar-refractivity contribution in [3.63, 3.8) is 0 Å². The molecule has 0 saturated carbocycles. The molecule has 0 radical (unpaired) electrons. The van der Waals surface area contributed by atoms with E-state index in [9.17, 15) is 0 Å². The summed E-state index contributed by atoms with van der Waals surface area (Å²) in [4.78, 5) is 9.85. The molecule has 1 atom stereocenters. The van der Waals surface area contributed by atoms with Crippen molar-refractivity contribution in [3.8, 4) is 11.1 Å². The summed E-state index contributed by atoms with van der Waals surface area (Å²) in [6, 6.07) is 8.87. The largest absolute Gasteiger partial charge is 0.356 e. The highest BCUT2D eigenvalue weighted by molar-refractivity contribution is 6.02. The molecule has 0 saturated heterocycles. The Bertz CT molecular complexity index is 908. The molecule has 2 aliphatic heterocycles. The molecule has 1 aromatic carbocycles. The number of fused-ring (bicyclic) bond motifs is 6. The third-order valence-corrected chi connectivity index (χ3v) is 5.92. The number of aryl methyl sites for hydroxylation is 1. The summed E-state index contributed by atoms with van der Waals surface area (Å²) >= 11 is 0. The lowest BCUT2D eigenvalue weighted by Gasteiger charge is -2.37. The van der Waals surface area contributed by atoms with E-state index in [0.29, 0.717) is 18.0 Å². The number of hydrogen-bond donors (Lipinski definition) is 0. The molecule has 3 nitrogen and oxygen atoms in total. The maximum absolute atomic E-state index is 4.91. The molecule has 0 N–H and O–H groups in total. The van der Waals surface area contributed by atoms with Gasteiger partial charge in [-0.3, -0.25) is 4.98 Å². The number of anilines is 1. The van der Waals surface area contributed by atoms with E-state index in [1.165, 1.54) is 39.3 Å². The number of allylic oxidation sites excluding steroid dienone is 1. The van der Waals surface area contributed by atoms with Gasteiger partial charge in [-0.2, -0.15) is 0 Å². The molecule has 0 bridgehead atoms. The summed E-state index contributed by atoms with van der Waals surface area (Å²) in [6.45, 7) is 13.6. The van der Waals surface area contributed by atoms with Gasteiger partial charge in [0.25, 0.3) is 0 Å². The highest BCUT2D eigenvalue weighted by Crippen LogP contribution is 2.53. The van der Waals surface area contributed by atoms with Crippen LogP contribution in [0.4, 0.5) is 5.69 Å². The van der Waals surface area contributed by atoms with E-state index in [1.54, 1.807) is 0 Å². The highest BCUT2D eigenvalue weighted by atomic mass is 15.4. The van der Waals surface area contributed by atoms with Gasteiger partial charge in [0.05, 0.1) is 17.1 Å². The number of nitrogens with zero attached hydrogens (tertiary/aromatic N) is 3. The number of pyridine rings is 1. The van der Waals surface area contributed by atoms with Crippen LogP contribution in [0.15, 0.2) is 36.2 Å². The Kier molecular flexibility index (Phi) is 3.87. The molecule has 2 aliphatic rings. The van der Waals surface area contributed by atoms with Crippen molar-refractivity contribution in [2.45, 2.75) is 53.6 Å². The summed E-state index contributed by atoms with van der Waals surface area (Å²) in [5, 5.41) is 0. The predicted octanol–water partition coefficient (Wildman–Crippen LogP) is 5.62. The summed E-state index contributed by atoms with van der Waals surface area (Å²) in [5.74, 6) is 0.914. The quantitative estimate of drug-likeness (QED) is 0.703. The van der Waals surface area contributed by atoms with Crippen LogP contribution in [-0.2, 0) is 0 Å². The van der Waals surface area contributed by atoms with Crippen LogP contribution in [0.25, 0.3) is 16.8 Å². The first kappa shape index (κ1) is 17.1. The molecule has 3 heteroatoms. The zero-order valence-corrected chi connectivity index (χ0v) is 17.0. The fraction of sp³-hybridized carbons (Fsp3) is 0.435. The number of aromatic nitrogens is 1. The first-order valence-corrected chi connectivity index (χ1v) is 9.70. The molecule has 4 rings (SSSR count). The number of rotatable bonds is 2. The van der Waals surface area contributed by atoms with Gasteiger partial charge in [-0.25, -0.2) is 0 Å². The zero-order chi connectivity index (χ0) is 18.7. The Morgan fingerprint density at radius 1 is 1.04 bits per heavy atom. The lowest BCUT2D eigenvalue weighted by Crippen LogP contribution is -2.37. The lowest BCUT2D eigenvalue weighted by molar-refractivity contribution is 0.328. The molecular formula is C23H29N3. The topological polar surface area (TPSA) is 19.4 Å². The van der Waals surface area contributed by atoms with Gasteiger partial charge in [0.15, 0.2) is 0 Å². The van der Waals surface area contributed by atoms with Crippen LogP contribution in [0, 0.1) is 12.8 Å². The molecule has 0 amide bonds. The van der Waals surface area contributed by atoms with Crippen LogP contribution in [0.5, 0.6) is 0 Å². The summed E-state index contributed by atoms with van der Waals surface area (Å²) in [6.07, 6.45) is 2.28. The van der Waals surface area contributed by atoms with Crippen LogP contribution < -0.4 is 4.90 Å². The maximum Gasteiger partial charge on any atom is 0.103 e. The second-order valence-electron chi connectivity index (χ2n) is 8.25. The lowest BCUT2D eigenvalue weighted by atomic mass is 9.85. The van der Waals surface area contributed by atoms with Crippen molar-refractivity contribution >= 4 is 11.4 Å². The third kappa shape index (κ3) is 2.16. The summed E-state index contributed by atoms with van der Waals surface area (Å²) in [7, 11) is 2.22. The van der Waals surface area contributed by atoms with Crippen molar-refractivity contribution in [1.82, 2.24) is 9.88 Å². The molecule has 3 heterocycles. The van der Waals surface area contributed by atoms with Gasteiger partial charge in [0, 0.05) is 30.1 Å². The highest BCUT2D eigenvalue weighted by Gasteiger charge is 2.42. The molecule has 0 aliphatic carbocycles. The molecule has 0 unspecified atom stereocenters. The molecule has 1 aromatic heterocycles. The molecule has 136 valence electrons. The minimum absolute atomic E-state index is 0.292. The Labute approximate surface area is 157 Å². The minimum atomic E-state index is 0.292. The van der Waals surface area contributed by atoms with Gasteiger partial charge in [-0.05, 0) is 42.9 Å². The van der Waals surface area contributed by atoms with Gasteiger partial charge in [-0.15, -0.1) is 0 Å². The summed E-state index contributed by atoms with van der Waals surface area (Å²) < 4.78 is 0. The third-order valence-electron chi connectivity index (χ3n) is 5.92. The first-order valence-electron chi connectivity index (χ1n) is 9.70. The molecule has 2 aromatic rings. The van der Waals surface area contributed by atoms with Gasteiger partial charge in [-0.1, -0.05) is 45.9 Å². The molecular weight excluding hydrogens is 318 g/mol. The fourth-order valence-electron chi connectivity index (χ4n) is 4.67. The van der Waals surface area contributed by atoms with Crippen molar-refractivity contribution < 1.29 is 0 Å². The Balaban J connectivity index is 2.16. The average Bonchev–Trinajstić information content (AvgIpc) is 2.86. The fourth-order valence-corrected chi connectivity index (χ4v) is 4.67. The number of hydrogen-bond acceptors (Lipinski definition) is 3. The monoisotopic (exact) mass is 347 g/mol. The second kappa shape index (κ2) is 5.87. The van der Waals surface area contributed by atoms with Gasteiger partial charge < -0.3 is 9.80 Å². The van der Waals surface area contributed by atoms with E-state index in [0.717, 1.165) is 5.69 Å². The van der Waals surface area contributed by atoms with E-state index in [4.69, 9.17) is 4.98 Å². The SMILES string of the molecule is Cc1cccc2c1N1C(=C(C(C)C)N(C)[C@@H]1C)c1nccc(C(C)C)c1-2. The van der Waals surface area contributed by atoms with Crippen LogP contribution in [0.1, 0.15) is 57.4 Å². The first-order chi connectivity index (χ1) is 12.3. The average molecular weight is 348 g/mol. The smallest absolute Gasteiger partial charge is 0.103 e. The Morgan fingerprint density at radius 2 is 1.77 bits per heavy atom. The van der Waals surface area contributed by atoms with Gasteiger partial charge >= 0.3 is 0 Å². The van der Waals surface area contributed by atoms with Gasteiger partial charge in [0.2, 0.25) is 0 Å². The zero-order valence-electron chi connectivity index (χ0n) is 17.0. The Morgan fingerprint density at radius 3 is 2.42 bits per heavy atom. The van der Waals surface area contributed by atoms with E-state index >= 15 is 0 Å². The second-order valence-corrected chi connectivity index (χ2v) is 8.25. The van der Waals surface area contributed by atoms with E-state index in [2.05, 4.69) is 82.7 Å². The maximum atomic E-state index is 4.91. The van der Waals surface area contributed by atoms with Crippen LogP contribution in [-0.4, -0.2) is 23.1 Å². The van der Waals surface area contributed by atoms with Crippen LogP contribution in [0.2, 0.25) is 0 Å². The van der Waals surface area contributed by atoms with Crippen molar-refractivity contribution in [1.29, 1.82) is 0 Å². The van der Waals surface area contributed by atoms with E-state index in [-0.39, 0.29) is 0 Å². The normalized spacial score (nSPS) is 18.6. The number of para-hydroxylation sites is 1. The minimum Gasteiger partial charge on any atom is -0.356 e. The van der Waals surface area contributed by atoms with Crippen LogP contribution >= 0.6 is 0 Å². The van der Waals surface area contributed by atoms with Crippen molar-refractivity contribution in [3.05, 3.63) is 53.0 Å². The van der Waals surface area contributed by atoms with Crippen molar-refractivity contribution in [2.75, 3.05) is 11.9 Å².